The predicted molar refractivity (Wildman–Crippen MR) is 418 cm³/mol. The van der Waals surface area contributed by atoms with Gasteiger partial charge in [-0.1, -0.05) is 355 Å². The number of hydrogen-bond donors (Lipinski definition) is 3. The van der Waals surface area contributed by atoms with Crippen molar-refractivity contribution in [3.8, 4) is 0 Å². The lowest BCUT2D eigenvalue weighted by Crippen LogP contribution is -2.30. The maximum atomic E-state index is 13.1. The van der Waals surface area contributed by atoms with Crippen molar-refractivity contribution in [2.75, 3.05) is 39.6 Å². The van der Waals surface area contributed by atoms with Crippen LogP contribution in [-0.2, 0) is 65.4 Å². The Morgan fingerprint density at radius 3 is 0.794 bits per heavy atom. The van der Waals surface area contributed by atoms with Gasteiger partial charge in [0.15, 0.2) is 12.2 Å². The Balaban J connectivity index is 5.25. The monoisotopic (exact) mass is 1490 g/mol. The van der Waals surface area contributed by atoms with Crippen LogP contribution in [0, 0.1) is 17.8 Å². The molecule has 0 bridgehead atoms. The molecule has 0 aliphatic carbocycles. The SMILES string of the molecule is CCCCCC/C=C\C=C/CCCCCCCC(=O)O[C@H](COC(=O)CCCCCCCCC(C)C)COP(=O)(O)OC[C@H](O)COP(=O)(O)OC[C@@H](COC(=O)CCCCCCCCCCCCCCCCCCC(C)C)OC(=O)CCCCCCCCCCCCCCCCCCC(C)C. The predicted octanol–water partition coefficient (Wildman–Crippen LogP) is 24.5. The minimum absolute atomic E-state index is 0.0839. The van der Waals surface area contributed by atoms with Crippen molar-refractivity contribution in [1.82, 2.24) is 0 Å². The largest absolute Gasteiger partial charge is 0.472 e. The first-order valence-corrected chi connectivity index (χ1v) is 45.2. The standard InChI is InChI=1S/C83H158O17P2/c1-8-9-10-11-12-13-14-15-20-28-33-38-43-52-59-67-83(88)100-79(71-94-81(86)65-58-51-46-45-49-56-63-76(6)7)73-98-102(91,92)96-69-77(84)68-95-101(89,90)97-72-78(99-82(87)66-60-53-44-39-34-29-24-19-17-22-26-31-36-41-48-55-62-75(4)5)70-93-80(85)64-57-50-42-37-32-27-23-18-16-21-25-30-35-40-47-54-61-74(2)3/h13-15,20,74-79,84H,8-12,16-19,21-73H2,1-7H3,(H,89,90)(H,91,92)/b14-13-,20-15-/t77-,78-,79-/m1/s1. The molecule has 0 heterocycles. The first-order chi connectivity index (χ1) is 49.2. The third kappa shape index (κ3) is 75.8. The fourth-order valence-electron chi connectivity index (χ4n) is 12.3. The molecule has 0 radical (unpaired) electrons. The number of phosphoric acid groups is 2. The van der Waals surface area contributed by atoms with E-state index in [0.717, 1.165) is 121 Å². The van der Waals surface area contributed by atoms with E-state index in [1.54, 1.807) is 0 Å². The van der Waals surface area contributed by atoms with Crippen LogP contribution in [-0.4, -0.2) is 96.7 Å². The molecule has 0 aromatic heterocycles. The highest BCUT2D eigenvalue weighted by atomic mass is 31.2. The molecule has 0 aliphatic heterocycles. The van der Waals surface area contributed by atoms with Gasteiger partial charge in [-0.2, -0.15) is 0 Å². The molecule has 0 saturated heterocycles. The number of carbonyl (C=O) groups excluding carboxylic acids is 4. The van der Waals surface area contributed by atoms with Gasteiger partial charge in [-0.05, 0) is 69.1 Å². The number of esters is 4. The molecule has 5 atom stereocenters. The second kappa shape index (κ2) is 72.7. The van der Waals surface area contributed by atoms with Gasteiger partial charge in [0.1, 0.15) is 19.3 Å². The van der Waals surface area contributed by atoms with Gasteiger partial charge in [0.05, 0.1) is 26.4 Å². The number of hydrogen-bond acceptors (Lipinski definition) is 15. The number of unbranched alkanes of at least 4 members (excludes halogenated alkanes) is 44. The van der Waals surface area contributed by atoms with Gasteiger partial charge in [0, 0.05) is 25.7 Å². The quantitative estimate of drug-likeness (QED) is 0.0169. The third-order valence-corrected chi connectivity index (χ3v) is 20.7. The average Bonchev–Trinajstić information content (AvgIpc) is 0.942. The van der Waals surface area contributed by atoms with Crippen molar-refractivity contribution in [3.63, 3.8) is 0 Å². The van der Waals surface area contributed by atoms with Crippen LogP contribution in [0.3, 0.4) is 0 Å². The molecule has 602 valence electrons. The van der Waals surface area contributed by atoms with Crippen LogP contribution >= 0.6 is 15.6 Å². The molecule has 0 rings (SSSR count). The van der Waals surface area contributed by atoms with Crippen LogP contribution in [0.1, 0.15) is 408 Å². The Morgan fingerprint density at radius 1 is 0.304 bits per heavy atom. The van der Waals surface area contributed by atoms with Gasteiger partial charge in [-0.25, -0.2) is 9.13 Å². The summed E-state index contributed by atoms with van der Waals surface area (Å²) in [5.74, 6) is 0.154. The van der Waals surface area contributed by atoms with E-state index in [9.17, 15) is 43.2 Å². The highest BCUT2D eigenvalue weighted by Gasteiger charge is 2.30. The Kier molecular flexibility index (Phi) is 71.0. The third-order valence-electron chi connectivity index (χ3n) is 18.8. The van der Waals surface area contributed by atoms with Crippen molar-refractivity contribution >= 4 is 39.5 Å². The molecule has 0 spiro atoms. The summed E-state index contributed by atoms with van der Waals surface area (Å²) in [6, 6.07) is 0. The summed E-state index contributed by atoms with van der Waals surface area (Å²) in [5.41, 5.74) is 0. The lowest BCUT2D eigenvalue weighted by atomic mass is 10.0. The van der Waals surface area contributed by atoms with E-state index in [0.29, 0.717) is 31.6 Å². The highest BCUT2D eigenvalue weighted by Crippen LogP contribution is 2.45. The first-order valence-electron chi connectivity index (χ1n) is 42.2. The molecule has 0 fully saturated rings. The van der Waals surface area contributed by atoms with Crippen LogP contribution in [0.25, 0.3) is 0 Å². The zero-order chi connectivity index (χ0) is 75.1. The maximum absolute atomic E-state index is 13.1. The Hall–Kier alpha value is -2.46. The van der Waals surface area contributed by atoms with E-state index in [1.807, 2.05) is 0 Å². The molecular weight excluding hydrogens is 1330 g/mol. The van der Waals surface area contributed by atoms with Gasteiger partial charge in [0.25, 0.3) is 0 Å². The zero-order valence-corrected chi connectivity index (χ0v) is 68.4. The van der Waals surface area contributed by atoms with Crippen molar-refractivity contribution in [2.45, 2.75) is 426 Å². The second-order valence-corrected chi connectivity index (χ2v) is 33.5. The van der Waals surface area contributed by atoms with Crippen LogP contribution in [0.4, 0.5) is 0 Å². The summed E-state index contributed by atoms with van der Waals surface area (Å²) >= 11 is 0. The van der Waals surface area contributed by atoms with E-state index < -0.39 is 97.5 Å². The van der Waals surface area contributed by atoms with E-state index in [2.05, 4.69) is 72.8 Å². The van der Waals surface area contributed by atoms with Gasteiger partial charge in [0.2, 0.25) is 0 Å². The molecule has 0 aromatic rings. The minimum Gasteiger partial charge on any atom is -0.462 e. The second-order valence-electron chi connectivity index (χ2n) is 30.6. The van der Waals surface area contributed by atoms with E-state index in [-0.39, 0.29) is 25.7 Å². The van der Waals surface area contributed by atoms with Crippen LogP contribution in [0.2, 0.25) is 0 Å². The van der Waals surface area contributed by atoms with Gasteiger partial charge in [-0.15, -0.1) is 0 Å². The molecule has 3 N–H and O–H groups in total. The minimum atomic E-state index is -4.97. The van der Waals surface area contributed by atoms with Crippen LogP contribution < -0.4 is 0 Å². The normalized spacial score (nSPS) is 14.1. The highest BCUT2D eigenvalue weighted by molar-refractivity contribution is 7.47. The molecule has 2 unspecified atom stereocenters. The van der Waals surface area contributed by atoms with Gasteiger partial charge in [-0.3, -0.25) is 37.3 Å². The summed E-state index contributed by atoms with van der Waals surface area (Å²) in [5, 5.41) is 10.6. The number of aliphatic hydroxyl groups excluding tert-OH is 1. The Morgan fingerprint density at radius 2 is 0.529 bits per heavy atom. The zero-order valence-electron chi connectivity index (χ0n) is 66.6. The maximum Gasteiger partial charge on any atom is 0.472 e. The molecule has 102 heavy (non-hydrogen) atoms. The van der Waals surface area contributed by atoms with Crippen LogP contribution in [0.5, 0.6) is 0 Å². The lowest BCUT2D eigenvalue weighted by molar-refractivity contribution is -0.161. The number of rotatable bonds is 79. The summed E-state index contributed by atoms with van der Waals surface area (Å²) in [4.78, 5) is 73.0. The molecular formula is C83H158O17P2. The first kappa shape index (κ1) is 99.5. The van der Waals surface area contributed by atoms with Crippen molar-refractivity contribution in [1.29, 1.82) is 0 Å². The molecule has 19 heteroatoms. The summed E-state index contributed by atoms with van der Waals surface area (Å²) in [6.07, 6.45) is 64.9. The fourth-order valence-corrected chi connectivity index (χ4v) is 13.9. The topological polar surface area (TPSA) is 237 Å². The smallest absolute Gasteiger partial charge is 0.462 e. The van der Waals surface area contributed by atoms with E-state index in [4.69, 9.17) is 37.0 Å². The molecule has 0 aliphatic rings. The Labute approximate surface area is 624 Å². The number of allylic oxidation sites excluding steroid dienone is 4. The summed E-state index contributed by atoms with van der Waals surface area (Å²) < 4.78 is 68.7. The van der Waals surface area contributed by atoms with Gasteiger partial charge < -0.3 is 33.8 Å². The lowest BCUT2D eigenvalue weighted by Gasteiger charge is -2.21. The average molecular weight is 1490 g/mol. The molecule has 0 amide bonds. The fraction of sp³-hybridized carbons (Fsp3) is 0.904. The molecule has 17 nitrogen and oxygen atoms in total. The van der Waals surface area contributed by atoms with Gasteiger partial charge >= 0.3 is 39.5 Å². The molecule has 0 aromatic carbocycles. The molecule has 0 saturated carbocycles. The van der Waals surface area contributed by atoms with Crippen molar-refractivity contribution in [3.05, 3.63) is 24.3 Å². The van der Waals surface area contributed by atoms with Crippen molar-refractivity contribution in [2.24, 2.45) is 17.8 Å². The summed E-state index contributed by atoms with van der Waals surface area (Å²) in [6.45, 7) is 11.9. The number of aliphatic hydroxyl groups is 1. The number of phosphoric ester groups is 2. The number of carbonyl (C=O) groups is 4. The summed E-state index contributed by atoms with van der Waals surface area (Å²) in [7, 11) is -9.94. The van der Waals surface area contributed by atoms with E-state index >= 15 is 0 Å². The van der Waals surface area contributed by atoms with E-state index in [1.165, 1.54) is 199 Å². The Bertz CT molecular complexity index is 2070. The number of ether oxygens (including phenoxy) is 4. The van der Waals surface area contributed by atoms with Crippen LogP contribution in [0.15, 0.2) is 24.3 Å². The van der Waals surface area contributed by atoms with Crippen molar-refractivity contribution < 1.29 is 80.2 Å².